The monoisotopic (exact) mass is 447 g/mol. The number of imide groups is 1. The molecule has 6 heteroatoms. The van der Waals surface area contributed by atoms with Crippen LogP contribution < -0.4 is 4.90 Å². The maximum Gasteiger partial charge on any atom is 0.277 e. The number of para-hydroxylation sites is 1. The average Bonchev–Trinajstić information content (AvgIpc) is 3.12. The van der Waals surface area contributed by atoms with E-state index in [0.29, 0.717) is 43.9 Å². The Hall–Kier alpha value is -3.12. The van der Waals surface area contributed by atoms with Crippen molar-refractivity contribution in [3.8, 4) is 0 Å². The average molecular weight is 448 g/mol. The van der Waals surface area contributed by atoms with Crippen molar-refractivity contribution in [2.24, 2.45) is 0 Å². The number of carbonyl (C=O) groups excluding carboxylic acids is 2. The van der Waals surface area contributed by atoms with Crippen molar-refractivity contribution in [1.29, 1.82) is 0 Å². The van der Waals surface area contributed by atoms with Crippen LogP contribution in [0.25, 0.3) is 5.57 Å². The highest BCUT2D eigenvalue weighted by molar-refractivity contribution is 6.35. The summed E-state index contributed by atoms with van der Waals surface area (Å²) in [6, 6.07) is 19.9. The van der Waals surface area contributed by atoms with Gasteiger partial charge in [0.15, 0.2) is 0 Å². The van der Waals surface area contributed by atoms with Crippen molar-refractivity contribution in [2.75, 3.05) is 50.8 Å². The molecule has 0 aliphatic carbocycles. The number of hydrogen-bond acceptors (Lipinski definition) is 5. The highest BCUT2D eigenvalue weighted by atomic mass is 16.5. The summed E-state index contributed by atoms with van der Waals surface area (Å²) in [6.45, 7) is 6.81. The van der Waals surface area contributed by atoms with Crippen LogP contribution in [0.4, 0.5) is 5.69 Å². The summed E-state index contributed by atoms with van der Waals surface area (Å²) in [7, 11) is 0. The number of nitrogens with zero attached hydrogens (tertiary/aromatic N) is 3. The van der Waals surface area contributed by atoms with Gasteiger partial charge in [-0.2, -0.15) is 0 Å². The summed E-state index contributed by atoms with van der Waals surface area (Å²) in [6.07, 6.45) is 2.77. The summed E-state index contributed by atoms with van der Waals surface area (Å²) in [5.41, 5.74) is 3.07. The molecule has 2 heterocycles. The number of anilines is 1. The van der Waals surface area contributed by atoms with Crippen molar-refractivity contribution in [2.45, 2.75) is 26.2 Å². The SMILES string of the molecule is CCCCOCCCN1C(=O)C(c2ccccc2)=C(N2CCN(c3ccccc3)CC2)C1=O. The van der Waals surface area contributed by atoms with Gasteiger partial charge in [-0.15, -0.1) is 0 Å². The van der Waals surface area contributed by atoms with Crippen LogP contribution in [0.5, 0.6) is 0 Å². The van der Waals surface area contributed by atoms with Crippen LogP contribution in [-0.2, 0) is 14.3 Å². The quantitative estimate of drug-likeness (QED) is 0.410. The molecular formula is C27H33N3O3. The van der Waals surface area contributed by atoms with Gasteiger partial charge in [-0.3, -0.25) is 14.5 Å². The third-order valence-electron chi connectivity index (χ3n) is 6.24. The Labute approximate surface area is 196 Å². The molecule has 33 heavy (non-hydrogen) atoms. The van der Waals surface area contributed by atoms with Gasteiger partial charge in [0, 0.05) is 51.6 Å². The number of carbonyl (C=O) groups is 2. The second-order valence-electron chi connectivity index (χ2n) is 8.48. The molecule has 2 amide bonds. The van der Waals surface area contributed by atoms with Crippen LogP contribution in [0.1, 0.15) is 31.7 Å². The number of piperazine rings is 1. The van der Waals surface area contributed by atoms with Gasteiger partial charge in [0.1, 0.15) is 5.70 Å². The Bertz CT molecular complexity index is 967. The number of rotatable bonds is 10. The summed E-state index contributed by atoms with van der Waals surface area (Å²) in [4.78, 5) is 32.7. The Morgan fingerprint density at radius 1 is 0.758 bits per heavy atom. The van der Waals surface area contributed by atoms with E-state index in [1.165, 1.54) is 10.6 Å². The molecule has 0 aromatic heterocycles. The van der Waals surface area contributed by atoms with Crippen LogP contribution >= 0.6 is 0 Å². The molecule has 1 saturated heterocycles. The first kappa shape index (κ1) is 23.1. The molecular weight excluding hydrogens is 414 g/mol. The molecule has 0 bridgehead atoms. The van der Waals surface area contributed by atoms with Gasteiger partial charge in [-0.1, -0.05) is 61.9 Å². The van der Waals surface area contributed by atoms with Crippen LogP contribution in [0, 0.1) is 0 Å². The van der Waals surface area contributed by atoms with Gasteiger partial charge >= 0.3 is 0 Å². The largest absolute Gasteiger partial charge is 0.381 e. The number of amides is 2. The van der Waals surface area contributed by atoms with Gasteiger partial charge < -0.3 is 14.5 Å². The second kappa shape index (κ2) is 11.1. The van der Waals surface area contributed by atoms with Crippen LogP contribution in [0.15, 0.2) is 66.4 Å². The minimum atomic E-state index is -0.194. The molecule has 4 rings (SSSR count). The lowest BCUT2D eigenvalue weighted by Gasteiger charge is -2.37. The fourth-order valence-corrected chi connectivity index (χ4v) is 4.42. The van der Waals surface area contributed by atoms with Crippen molar-refractivity contribution in [3.63, 3.8) is 0 Å². The van der Waals surface area contributed by atoms with Gasteiger partial charge in [0.05, 0.1) is 5.57 Å². The van der Waals surface area contributed by atoms with Crippen LogP contribution in [-0.4, -0.2) is 67.6 Å². The highest BCUT2D eigenvalue weighted by Crippen LogP contribution is 2.32. The lowest BCUT2D eigenvalue weighted by atomic mass is 10.0. The first-order valence-corrected chi connectivity index (χ1v) is 12.0. The first-order valence-electron chi connectivity index (χ1n) is 12.0. The zero-order valence-corrected chi connectivity index (χ0v) is 19.4. The van der Waals surface area contributed by atoms with Crippen molar-refractivity contribution in [1.82, 2.24) is 9.80 Å². The normalized spacial score (nSPS) is 16.8. The predicted octanol–water partition coefficient (Wildman–Crippen LogP) is 3.80. The standard InChI is InChI=1S/C27H33N3O3/c1-2-3-20-33-21-10-15-30-26(31)24(22-11-6-4-7-12-22)25(27(30)32)29-18-16-28(17-19-29)23-13-8-5-9-14-23/h4-9,11-14H,2-3,10,15-21H2,1H3. The molecule has 0 saturated carbocycles. The molecule has 0 spiro atoms. The zero-order valence-electron chi connectivity index (χ0n) is 19.4. The number of hydrogen-bond donors (Lipinski definition) is 0. The highest BCUT2D eigenvalue weighted by Gasteiger charge is 2.41. The molecule has 0 atom stereocenters. The molecule has 2 aliphatic heterocycles. The molecule has 2 aromatic rings. The van der Waals surface area contributed by atoms with Crippen LogP contribution in [0.3, 0.4) is 0 Å². The van der Waals surface area contributed by atoms with Gasteiger partial charge in [0.2, 0.25) is 0 Å². The second-order valence-corrected chi connectivity index (χ2v) is 8.48. The van der Waals surface area contributed by atoms with E-state index in [4.69, 9.17) is 4.74 Å². The Kier molecular flexibility index (Phi) is 7.79. The number of benzene rings is 2. The lowest BCUT2D eigenvalue weighted by Crippen LogP contribution is -2.47. The smallest absolute Gasteiger partial charge is 0.277 e. The Balaban J connectivity index is 1.49. The maximum absolute atomic E-state index is 13.5. The third-order valence-corrected chi connectivity index (χ3v) is 6.24. The molecule has 0 N–H and O–H groups in total. The number of unbranched alkanes of at least 4 members (excludes halogenated alkanes) is 1. The molecule has 0 radical (unpaired) electrons. The van der Waals surface area contributed by atoms with Crippen molar-refractivity contribution in [3.05, 3.63) is 71.9 Å². The van der Waals surface area contributed by atoms with E-state index in [0.717, 1.165) is 38.1 Å². The van der Waals surface area contributed by atoms with Crippen LogP contribution in [0.2, 0.25) is 0 Å². The van der Waals surface area contributed by atoms with Gasteiger partial charge in [-0.05, 0) is 30.5 Å². The molecule has 2 aromatic carbocycles. The fourth-order valence-electron chi connectivity index (χ4n) is 4.42. The van der Waals surface area contributed by atoms with E-state index in [9.17, 15) is 9.59 Å². The number of ether oxygens (including phenoxy) is 1. The molecule has 1 fully saturated rings. The van der Waals surface area contributed by atoms with Gasteiger partial charge in [-0.25, -0.2) is 0 Å². The van der Waals surface area contributed by atoms with E-state index < -0.39 is 0 Å². The van der Waals surface area contributed by atoms with E-state index in [-0.39, 0.29) is 11.8 Å². The fraction of sp³-hybridized carbons (Fsp3) is 0.407. The third kappa shape index (κ3) is 5.28. The van der Waals surface area contributed by atoms with Crippen molar-refractivity contribution < 1.29 is 14.3 Å². The van der Waals surface area contributed by atoms with Gasteiger partial charge in [0.25, 0.3) is 11.8 Å². The van der Waals surface area contributed by atoms with E-state index in [1.807, 2.05) is 48.5 Å². The Morgan fingerprint density at radius 2 is 1.36 bits per heavy atom. The first-order chi connectivity index (χ1) is 16.2. The Morgan fingerprint density at radius 3 is 2.03 bits per heavy atom. The maximum atomic E-state index is 13.5. The molecule has 0 unspecified atom stereocenters. The van der Waals surface area contributed by atoms with Crippen molar-refractivity contribution >= 4 is 23.1 Å². The summed E-state index contributed by atoms with van der Waals surface area (Å²) < 4.78 is 5.63. The van der Waals surface area contributed by atoms with E-state index in [2.05, 4.69) is 28.9 Å². The van der Waals surface area contributed by atoms with E-state index in [1.54, 1.807) is 0 Å². The minimum Gasteiger partial charge on any atom is -0.381 e. The summed E-state index contributed by atoms with van der Waals surface area (Å²) in [5, 5.41) is 0. The zero-order chi connectivity index (χ0) is 23.0. The lowest BCUT2D eigenvalue weighted by molar-refractivity contribution is -0.137. The molecule has 174 valence electrons. The van der Waals surface area contributed by atoms with E-state index >= 15 is 0 Å². The molecule has 2 aliphatic rings. The topological polar surface area (TPSA) is 53.1 Å². The summed E-state index contributed by atoms with van der Waals surface area (Å²) >= 11 is 0. The summed E-state index contributed by atoms with van der Waals surface area (Å²) in [5.74, 6) is -0.374. The molecule has 6 nitrogen and oxygen atoms in total. The predicted molar refractivity (Wildman–Crippen MR) is 131 cm³/mol. The minimum absolute atomic E-state index is 0.180.